The quantitative estimate of drug-likeness (QED) is 0.378. The van der Waals surface area contributed by atoms with E-state index in [1.807, 2.05) is 13.0 Å². The minimum Gasteiger partial charge on any atom is -0.482 e. The zero-order valence-corrected chi connectivity index (χ0v) is 20.1. The number of benzene rings is 1. The highest BCUT2D eigenvalue weighted by atomic mass is 16.7. The maximum absolute atomic E-state index is 12.5. The van der Waals surface area contributed by atoms with Crippen molar-refractivity contribution in [3.05, 3.63) is 29.8 Å². The van der Waals surface area contributed by atoms with E-state index in [1.54, 1.807) is 18.2 Å². The highest BCUT2D eigenvalue weighted by molar-refractivity contribution is 5.74. The van der Waals surface area contributed by atoms with Crippen LogP contribution in [0, 0.1) is 6.92 Å². The average Bonchev–Trinajstić information content (AvgIpc) is 2.74. The highest BCUT2D eigenvalue weighted by Gasteiger charge is 2.52. The molecule has 1 aliphatic heterocycles. The van der Waals surface area contributed by atoms with Crippen molar-refractivity contribution < 1.29 is 52.4 Å². The van der Waals surface area contributed by atoms with Crippen LogP contribution in [0.4, 0.5) is 0 Å². The molecule has 5 unspecified atom stereocenters. The lowest BCUT2D eigenvalue weighted by Gasteiger charge is -2.44. The third-order valence-electron chi connectivity index (χ3n) is 4.67. The molecule has 12 nitrogen and oxygen atoms in total. The fourth-order valence-corrected chi connectivity index (χ4v) is 3.40. The van der Waals surface area contributed by atoms with E-state index in [9.17, 15) is 24.0 Å². The summed E-state index contributed by atoms with van der Waals surface area (Å²) in [4.78, 5) is 59.4. The average molecular weight is 495 g/mol. The Morgan fingerprint density at radius 3 is 2.14 bits per heavy atom. The number of esters is 4. The molecule has 0 radical (unpaired) electrons. The summed E-state index contributed by atoms with van der Waals surface area (Å²) in [6.07, 6.45) is -5.30. The minimum atomic E-state index is -1.50. The van der Waals surface area contributed by atoms with E-state index in [1.165, 1.54) is 6.92 Å². The van der Waals surface area contributed by atoms with Gasteiger partial charge in [-0.1, -0.05) is 12.1 Å². The standard InChI is InChI=1S/C23H29NO11/c1-12-7-6-8-17(9-12)31-11-19(29)35-23-20(24-13(2)25)22(33-16(5)28)21(32-15(4)27)18(34-23)10-30-14(3)26/h6-9,18,20-23H,10-11H2,1-5H3,(H,24,25). The predicted octanol–water partition coefficient (Wildman–Crippen LogP) is 0.573. The number of carbonyl (C=O) groups excluding carboxylic acids is 5. The lowest BCUT2D eigenvalue weighted by molar-refractivity contribution is -0.272. The summed E-state index contributed by atoms with van der Waals surface area (Å²) in [7, 11) is 0. The van der Waals surface area contributed by atoms with E-state index in [4.69, 9.17) is 28.4 Å². The molecule has 1 heterocycles. The molecular formula is C23H29NO11. The largest absolute Gasteiger partial charge is 0.482 e. The first kappa shape index (κ1) is 27.6. The zero-order chi connectivity index (χ0) is 26.1. The maximum Gasteiger partial charge on any atom is 0.346 e. The summed E-state index contributed by atoms with van der Waals surface area (Å²) in [5, 5.41) is 2.50. The maximum atomic E-state index is 12.5. The molecule has 0 aromatic heterocycles. The molecule has 0 aliphatic carbocycles. The Kier molecular flexibility index (Phi) is 10.0. The van der Waals surface area contributed by atoms with E-state index in [0.717, 1.165) is 26.3 Å². The van der Waals surface area contributed by atoms with Gasteiger partial charge in [0.05, 0.1) is 0 Å². The van der Waals surface area contributed by atoms with Crippen molar-refractivity contribution in [2.75, 3.05) is 13.2 Å². The van der Waals surface area contributed by atoms with Crippen molar-refractivity contribution in [2.45, 2.75) is 65.3 Å². The van der Waals surface area contributed by atoms with Gasteiger partial charge >= 0.3 is 23.9 Å². The van der Waals surface area contributed by atoms with Crippen LogP contribution in [-0.2, 0) is 47.7 Å². The second kappa shape index (κ2) is 12.7. The Hall–Kier alpha value is -3.67. The van der Waals surface area contributed by atoms with E-state index in [0.29, 0.717) is 5.75 Å². The molecule has 1 N–H and O–H groups in total. The summed E-state index contributed by atoms with van der Waals surface area (Å²) in [6, 6.07) is 5.74. The van der Waals surface area contributed by atoms with Crippen molar-refractivity contribution in [3.8, 4) is 5.75 Å². The zero-order valence-electron chi connectivity index (χ0n) is 20.1. The molecule has 12 heteroatoms. The van der Waals surface area contributed by atoms with Gasteiger partial charge in [-0.3, -0.25) is 19.2 Å². The van der Waals surface area contributed by atoms with Crippen LogP contribution in [0.2, 0.25) is 0 Å². The summed E-state index contributed by atoms with van der Waals surface area (Å²) < 4.78 is 32.2. The summed E-state index contributed by atoms with van der Waals surface area (Å²) in [5.41, 5.74) is 0.922. The number of aryl methyl sites for hydroxylation is 1. The van der Waals surface area contributed by atoms with Crippen molar-refractivity contribution in [1.82, 2.24) is 5.32 Å². The fraction of sp³-hybridized carbons (Fsp3) is 0.522. The lowest BCUT2D eigenvalue weighted by atomic mass is 9.96. The van der Waals surface area contributed by atoms with Gasteiger partial charge in [0.1, 0.15) is 24.5 Å². The van der Waals surface area contributed by atoms with Crippen molar-refractivity contribution in [1.29, 1.82) is 0 Å². The van der Waals surface area contributed by atoms with Crippen LogP contribution in [0.3, 0.4) is 0 Å². The molecule has 0 saturated carbocycles. The van der Waals surface area contributed by atoms with E-state index >= 15 is 0 Å². The third-order valence-corrected chi connectivity index (χ3v) is 4.67. The molecular weight excluding hydrogens is 466 g/mol. The van der Waals surface area contributed by atoms with Gasteiger partial charge in [-0.05, 0) is 24.6 Å². The van der Waals surface area contributed by atoms with Gasteiger partial charge < -0.3 is 33.7 Å². The van der Waals surface area contributed by atoms with Crippen LogP contribution in [0.15, 0.2) is 24.3 Å². The number of amides is 1. The molecule has 1 saturated heterocycles. The smallest absolute Gasteiger partial charge is 0.346 e. The van der Waals surface area contributed by atoms with Crippen LogP contribution in [0.1, 0.15) is 33.3 Å². The van der Waals surface area contributed by atoms with Gasteiger partial charge in [0, 0.05) is 27.7 Å². The molecule has 2 rings (SSSR count). The fourth-order valence-electron chi connectivity index (χ4n) is 3.40. The molecule has 1 aromatic carbocycles. The molecule has 1 aromatic rings. The SMILES string of the molecule is CC(=O)NC1C(OC(=O)COc2cccc(C)c2)OC(COC(C)=O)C(OC(C)=O)C1OC(C)=O. The van der Waals surface area contributed by atoms with Gasteiger partial charge in [-0.25, -0.2) is 4.79 Å². The number of carbonyl (C=O) groups is 5. The molecule has 192 valence electrons. The number of ether oxygens (including phenoxy) is 6. The van der Waals surface area contributed by atoms with Gasteiger partial charge in [-0.2, -0.15) is 0 Å². The number of hydrogen-bond acceptors (Lipinski definition) is 11. The lowest BCUT2D eigenvalue weighted by Crippen LogP contribution is -2.66. The van der Waals surface area contributed by atoms with Crippen molar-refractivity contribution in [3.63, 3.8) is 0 Å². The first-order chi connectivity index (χ1) is 16.5. The van der Waals surface area contributed by atoms with E-state index in [-0.39, 0.29) is 0 Å². The third kappa shape index (κ3) is 8.89. The molecule has 35 heavy (non-hydrogen) atoms. The molecule has 0 bridgehead atoms. The summed E-state index contributed by atoms with van der Waals surface area (Å²) in [5.74, 6) is -3.14. The second-order valence-electron chi connectivity index (χ2n) is 7.81. The van der Waals surface area contributed by atoms with Gasteiger partial charge in [-0.15, -0.1) is 0 Å². The molecule has 1 fully saturated rings. The van der Waals surface area contributed by atoms with E-state index in [2.05, 4.69) is 5.32 Å². The van der Waals surface area contributed by atoms with Crippen LogP contribution >= 0.6 is 0 Å². The Morgan fingerprint density at radius 1 is 0.914 bits per heavy atom. The Labute approximate surface area is 202 Å². The van der Waals surface area contributed by atoms with Gasteiger partial charge in [0.25, 0.3) is 0 Å². The first-order valence-electron chi connectivity index (χ1n) is 10.8. The predicted molar refractivity (Wildman–Crippen MR) is 117 cm³/mol. The van der Waals surface area contributed by atoms with Crippen molar-refractivity contribution in [2.24, 2.45) is 0 Å². The van der Waals surface area contributed by atoms with Crippen LogP contribution in [0.25, 0.3) is 0 Å². The second-order valence-corrected chi connectivity index (χ2v) is 7.81. The molecule has 0 spiro atoms. The normalized spacial score (nSPS) is 23.4. The number of rotatable bonds is 9. The number of nitrogens with one attached hydrogen (secondary N) is 1. The molecule has 5 atom stereocenters. The minimum absolute atomic E-state index is 0.411. The topological polar surface area (TPSA) is 153 Å². The van der Waals surface area contributed by atoms with Gasteiger partial charge in [0.2, 0.25) is 12.2 Å². The monoisotopic (exact) mass is 495 g/mol. The van der Waals surface area contributed by atoms with E-state index < -0.39 is 73.6 Å². The Morgan fingerprint density at radius 2 is 1.57 bits per heavy atom. The summed E-state index contributed by atoms with van der Waals surface area (Å²) in [6.45, 7) is 5.54. The van der Waals surface area contributed by atoms with Crippen LogP contribution < -0.4 is 10.1 Å². The first-order valence-corrected chi connectivity index (χ1v) is 10.8. The van der Waals surface area contributed by atoms with Crippen LogP contribution in [-0.4, -0.2) is 73.6 Å². The Bertz CT molecular complexity index is 947. The number of hydrogen-bond donors (Lipinski definition) is 1. The molecule has 1 aliphatic rings. The van der Waals surface area contributed by atoms with Crippen molar-refractivity contribution >= 4 is 29.8 Å². The summed E-state index contributed by atoms with van der Waals surface area (Å²) >= 11 is 0. The molecule has 1 amide bonds. The van der Waals surface area contributed by atoms with Gasteiger partial charge in [0.15, 0.2) is 18.8 Å². The highest BCUT2D eigenvalue weighted by Crippen LogP contribution is 2.28. The Balaban J connectivity index is 2.29. The van der Waals surface area contributed by atoms with Crippen LogP contribution in [0.5, 0.6) is 5.75 Å².